The second kappa shape index (κ2) is 7.43. The topological polar surface area (TPSA) is 75.2 Å². The maximum Gasteiger partial charge on any atom is 0.263 e. The summed E-state index contributed by atoms with van der Waals surface area (Å²) in [6.07, 6.45) is 1.63. The molecule has 6 nitrogen and oxygen atoms in total. The highest BCUT2D eigenvalue weighted by molar-refractivity contribution is 8.00. The molecule has 0 aliphatic carbocycles. The Kier molecular flexibility index (Phi) is 5.27. The average molecular weight is 358 g/mol. The normalized spacial score (nSPS) is 22.8. The third kappa shape index (κ3) is 3.78. The Labute approximate surface area is 151 Å². The van der Waals surface area contributed by atoms with Crippen molar-refractivity contribution in [3.8, 4) is 0 Å². The lowest BCUT2D eigenvalue weighted by molar-refractivity contribution is 0.102. The van der Waals surface area contributed by atoms with E-state index in [2.05, 4.69) is 30.0 Å². The highest BCUT2D eigenvalue weighted by atomic mass is 32.2. The van der Waals surface area contributed by atoms with Crippen LogP contribution in [0.25, 0.3) is 0 Å². The fourth-order valence-electron chi connectivity index (χ4n) is 2.84. The second-order valence-corrected chi connectivity index (χ2v) is 7.46. The summed E-state index contributed by atoms with van der Waals surface area (Å²) >= 11 is 1.72. The third-order valence-corrected chi connectivity index (χ3v) is 5.99. The molecule has 2 unspecified atom stereocenters. The van der Waals surface area contributed by atoms with Crippen molar-refractivity contribution in [3.05, 3.63) is 58.5 Å². The van der Waals surface area contributed by atoms with Crippen molar-refractivity contribution in [2.24, 2.45) is 7.05 Å². The number of thioether (sulfide) groups is 1. The van der Waals surface area contributed by atoms with E-state index in [0.29, 0.717) is 17.3 Å². The zero-order valence-corrected chi connectivity index (χ0v) is 15.3. The van der Waals surface area contributed by atoms with Crippen LogP contribution in [-0.4, -0.2) is 27.8 Å². The number of para-hydroxylation sites is 1. The Morgan fingerprint density at radius 1 is 1.12 bits per heavy atom. The van der Waals surface area contributed by atoms with Gasteiger partial charge >= 0.3 is 0 Å². The number of nitrogens with zero attached hydrogens (tertiary/aromatic N) is 1. The summed E-state index contributed by atoms with van der Waals surface area (Å²) in [6, 6.07) is 11.5. The second-order valence-electron chi connectivity index (χ2n) is 6.24. The Morgan fingerprint density at radius 2 is 1.80 bits per heavy atom. The molecule has 3 N–H and O–H groups in total. The van der Waals surface area contributed by atoms with Crippen molar-refractivity contribution in [2.75, 3.05) is 5.32 Å². The van der Waals surface area contributed by atoms with Crippen LogP contribution in [-0.2, 0) is 7.05 Å². The van der Waals surface area contributed by atoms with Crippen LogP contribution < -0.4 is 21.7 Å². The number of carbonyl (C=O) groups is 1. The van der Waals surface area contributed by atoms with Crippen molar-refractivity contribution in [1.82, 2.24) is 15.4 Å². The zero-order chi connectivity index (χ0) is 18.0. The molecule has 1 aromatic heterocycles. The van der Waals surface area contributed by atoms with Gasteiger partial charge in [-0.05, 0) is 38.1 Å². The Hall–Kier alpha value is -2.09. The largest absolute Gasteiger partial charge is 0.321 e. The minimum Gasteiger partial charge on any atom is -0.321 e. The molecule has 1 saturated heterocycles. The van der Waals surface area contributed by atoms with Crippen LogP contribution in [0.5, 0.6) is 0 Å². The minimum absolute atomic E-state index is 0.135. The smallest absolute Gasteiger partial charge is 0.263 e. The molecule has 0 bridgehead atoms. The number of amides is 1. The van der Waals surface area contributed by atoms with E-state index in [1.165, 1.54) is 4.57 Å². The van der Waals surface area contributed by atoms with Gasteiger partial charge in [-0.3, -0.25) is 20.4 Å². The van der Waals surface area contributed by atoms with Gasteiger partial charge in [0.25, 0.3) is 11.5 Å². The van der Waals surface area contributed by atoms with Gasteiger partial charge in [0.2, 0.25) is 0 Å². The van der Waals surface area contributed by atoms with Gasteiger partial charge in [0.1, 0.15) is 5.56 Å². The molecule has 1 aliphatic rings. The van der Waals surface area contributed by atoms with Gasteiger partial charge in [-0.25, -0.2) is 0 Å². The lowest BCUT2D eigenvalue weighted by Crippen LogP contribution is -2.30. The lowest BCUT2D eigenvalue weighted by atomic mass is 10.2. The van der Waals surface area contributed by atoms with Gasteiger partial charge in [0.05, 0.1) is 5.69 Å². The first kappa shape index (κ1) is 17.7. The van der Waals surface area contributed by atoms with Crippen molar-refractivity contribution in [2.45, 2.75) is 36.1 Å². The molecule has 1 amide bonds. The van der Waals surface area contributed by atoms with E-state index < -0.39 is 5.91 Å². The summed E-state index contributed by atoms with van der Waals surface area (Å²) in [6.45, 7) is 4.26. The molecular weight excluding hydrogens is 336 g/mol. The van der Waals surface area contributed by atoms with Crippen LogP contribution in [0.2, 0.25) is 0 Å². The number of hydrazine groups is 1. The van der Waals surface area contributed by atoms with Crippen LogP contribution in [0.3, 0.4) is 0 Å². The molecule has 2 heterocycles. The molecule has 0 radical (unpaired) electrons. The van der Waals surface area contributed by atoms with Gasteiger partial charge in [0.15, 0.2) is 0 Å². The summed E-state index contributed by atoms with van der Waals surface area (Å²) in [5.74, 6) is -0.391. The summed E-state index contributed by atoms with van der Waals surface area (Å²) in [4.78, 5) is 25.7. The van der Waals surface area contributed by atoms with Gasteiger partial charge in [-0.2, -0.15) is 0 Å². The number of carbonyl (C=O) groups excluding carboxylic acids is 1. The van der Waals surface area contributed by atoms with E-state index in [0.717, 1.165) is 10.6 Å². The zero-order valence-electron chi connectivity index (χ0n) is 14.4. The van der Waals surface area contributed by atoms with Gasteiger partial charge in [0, 0.05) is 35.5 Å². The van der Waals surface area contributed by atoms with E-state index in [1.807, 2.05) is 24.3 Å². The molecule has 1 aliphatic heterocycles. The molecule has 7 heteroatoms. The fraction of sp³-hybridized carbons (Fsp3) is 0.333. The predicted molar refractivity (Wildman–Crippen MR) is 101 cm³/mol. The lowest BCUT2D eigenvalue weighted by Gasteiger charge is -2.19. The SMILES string of the molecule is CC1NNC(C)C1Sc1ccccc1NC(=O)c1cccn(C)c1=O. The molecule has 3 rings (SSSR count). The molecule has 1 fully saturated rings. The van der Waals surface area contributed by atoms with Crippen LogP contribution in [0, 0.1) is 0 Å². The maximum atomic E-state index is 12.5. The van der Waals surface area contributed by atoms with E-state index in [9.17, 15) is 9.59 Å². The van der Waals surface area contributed by atoms with E-state index in [-0.39, 0.29) is 11.1 Å². The van der Waals surface area contributed by atoms with Gasteiger partial charge in [-0.1, -0.05) is 12.1 Å². The van der Waals surface area contributed by atoms with Crippen molar-refractivity contribution < 1.29 is 4.79 Å². The maximum absolute atomic E-state index is 12.5. The first-order valence-electron chi connectivity index (χ1n) is 8.21. The fourth-order valence-corrected chi connectivity index (χ4v) is 4.08. The molecule has 0 spiro atoms. The molecule has 0 saturated carbocycles. The molecule has 25 heavy (non-hydrogen) atoms. The number of anilines is 1. The average Bonchev–Trinajstić information content (AvgIpc) is 2.91. The summed E-state index contributed by atoms with van der Waals surface area (Å²) in [5.41, 5.74) is 7.02. The number of aryl methyl sites for hydroxylation is 1. The van der Waals surface area contributed by atoms with Crippen LogP contribution >= 0.6 is 11.8 Å². The number of hydrogen-bond acceptors (Lipinski definition) is 5. The molecule has 2 atom stereocenters. The van der Waals surface area contributed by atoms with Crippen LogP contribution in [0.4, 0.5) is 5.69 Å². The van der Waals surface area contributed by atoms with Gasteiger partial charge < -0.3 is 9.88 Å². The Balaban J connectivity index is 1.82. The number of rotatable bonds is 4. The minimum atomic E-state index is -0.391. The number of aromatic nitrogens is 1. The molecular formula is C18H22N4O2S. The van der Waals surface area contributed by atoms with E-state index in [1.54, 1.807) is 37.1 Å². The number of nitrogens with one attached hydrogen (secondary N) is 3. The van der Waals surface area contributed by atoms with Crippen LogP contribution in [0.15, 0.2) is 52.3 Å². The Bertz CT molecular complexity index is 826. The van der Waals surface area contributed by atoms with Crippen molar-refractivity contribution in [1.29, 1.82) is 0 Å². The van der Waals surface area contributed by atoms with Crippen molar-refractivity contribution in [3.63, 3.8) is 0 Å². The standard InChI is InChI=1S/C18H22N4O2S/c1-11-16(12(2)21-20-11)25-15-9-5-4-8-14(15)19-17(23)13-7-6-10-22(3)18(13)24/h4-12,16,20-21H,1-3H3,(H,19,23). The highest BCUT2D eigenvalue weighted by Gasteiger charge is 2.31. The predicted octanol–water partition coefficient (Wildman–Crippen LogP) is 1.98. The van der Waals surface area contributed by atoms with Crippen LogP contribution in [0.1, 0.15) is 24.2 Å². The quantitative estimate of drug-likeness (QED) is 0.779. The van der Waals surface area contributed by atoms with Gasteiger partial charge in [-0.15, -0.1) is 11.8 Å². The summed E-state index contributed by atoms with van der Waals surface area (Å²) < 4.78 is 1.40. The number of pyridine rings is 1. The van der Waals surface area contributed by atoms with Crippen molar-refractivity contribution >= 4 is 23.4 Å². The van der Waals surface area contributed by atoms with E-state index in [4.69, 9.17) is 0 Å². The molecule has 1 aromatic carbocycles. The summed E-state index contributed by atoms with van der Waals surface area (Å²) in [5, 5.41) is 3.22. The first-order valence-corrected chi connectivity index (χ1v) is 9.09. The summed E-state index contributed by atoms with van der Waals surface area (Å²) in [7, 11) is 1.63. The Morgan fingerprint density at radius 3 is 2.52 bits per heavy atom. The number of benzene rings is 1. The van der Waals surface area contributed by atoms with E-state index >= 15 is 0 Å². The number of hydrogen-bond donors (Lipinski definition) is 3. The first-order chi connectivity index (χ1) is 12.0. The molecule has 132 valence electrons. The highest BCUT2D eigenvalue weighted by Crippen LogP contribution is 2.34. The molecule has 2 aromatic rings. The monoisotopic (exact) mass is 358 g/mol. The third-order valence-electron chi connectivity index (χ3n) is 4.29.